The highest BCUT2D eigenvalue weighted by molar-refractivity contribution is 5.80. The van der Waals surface area contributed by atoms with Gasteiger partial charge in [-0.1, -0.05) is 13.8 Å². The minimum Gasteiger partial charge on any atom is -0.326 e. The van der Waals surface area contributed by atoms with Gasteiger partial charge in [-0.25, -0.2) is 0 Å². The molecule has 1 rings (SSSR count). The summed E-state index contributed by atoms with van der Waals surface area (Å²) in [5, 5.41) is 3.18. The smallest absolute Gasteiger partial charge is 0.237 e. The number of amides is 1. The van der Waals surface area contributed by atoms with E-state index in [2.05, 4.69) is 19.2 Å². The van der Waals surface area contributed by atoms with E-state index in [1.165, 1.54) is 0 Å². The van der Waals surface area contributed by atoms with Gasteiger partial charge in [0.15, 0.2) is 0 Å². The van der Waals surface area contributed by atoms with Crippen LogP contribution in [0.25, 0.3) is 0 Å². The normalized spacial score (nSPS) is 25.3. The van der Waals surface area contributed by atoms with E-state index < -0.39 is 0 Å². The van der Waals surface area contributed by atoms with Crippen molar-refractivity contribution < 1.29 is 4.79 Å². The summed E-state index contributed by atoms with van der Waals surface area (Å²) in [6, 6.07) is 0. The Hall–Kier alpha value is -0.570. The third kappa shape index (κ3) is 1.53. The zero-order valence-corrected chi connectivity index (χ0v) is 7.42. The number of hydrogen-bond acceptors (Lipinski definition) is 2. The molecule has 64 valence electrons. The van der Waals surface area contributed by atoms with Gasteiger partial charge in [0.2, 0.25) is 5.91 Å². The number of carbonyl (C=O) groups excluding carboxylic acids is 1. The quantitative estimate of drug-likeness (QED) is 0.628. The molecule has 1 amide bonds. The van der Waals surface area contributed by atoms with Gasteiger partial charge in [-0.3, -0.25) is 10.1 Å². The molecule has 1 aliphatic heterocycles. The van der Waals surface area contributed by atoms with Gasteiger partial charge in [-0.05, 0) is 12.8 Å². The van der Waals surface area contributed by atoms with E-state index in [0.29, 0.717) is 12.5 Å². The van der Waals surface area contributed by atoms with Crippen LogP contribution >= 0.6 is 0 Å². The Morgan fingerprint density at radius 2 is 2.36 bits per heavy atom. The summed E-state index contributed by atoms with van der Waals surface area (Å²) < 4.78 is 0. The largest absolute Gasteiger partial charge is 0.326 e. The second kappa shape index (κ2) is 3.22. The summed E-state index contributed by atoms with van der Waals surface area (Å²) in [4.78, 5) is 13.1. The average molecular weight is 156 g/mol. The first-order valence-corrected chi connectivity index (χ1v) is 4.19. The Kier molecular flexibility index (Phi) is 2.49. The van der Waals surface area contributed by atoms with Crippen LogP contribution in [0.15, 0.2) is 0 Å². The zero-order chi connectivity index (χ0) is 8.43. The van der Waals surface area contributed by atoms with Gasteiger partial charge in [-0.15, -0.1) is 0 Å². The monoisotopic (exact) mass is 156 g/mol. The minimum absolute atomic E-state index is 0.228. The van der Waals surface area contributed by atoms with Crippen LogP contribution in [0.1, 0.15) is 20.8 Å². The first-order valence-electron chi connectivity index (χ1n) is 4.19. The number of nitrogens with zero attached hydrogens (tertiary/aromatic N) is 1. The summed E-state index contributed by atoms with van der Waals surface area (Å²) in [6.45, 7) is 7.59. The fraction of sp³-hybridized carbons (Fsp3) is 0.875. The van der Waals surface area contributed by atoms with E-state index in [9.17, 15) is 4.79 Å². The lowest BCUT2D eigenvalue weighted by molar-refractivity contribution is -0.128. The molecular formula is C8H16N2O. The lowest BCUT2D eigenvalue weighted by atomic mass is 10.1. The Morgan fingerprint density at radius 3 is 2.73 bits per heavy atom. The van der Waals surface area contributed by atoms with E-state index >= 15 is 0 Å². The topological polar surface area (TPSA) is 32.3 Å². The molecule has 0 aromatic carbocycles. The Morgan fingerprint density at radius 1 is 1.73 bits per heavy atom. The molecule has 1 heterocycles. The van der Waals surface area contributed by atoms with E-state index in [1.54, 1.807) is 0 Å². The first kappa shape index (κ1) is 8.53. The molecule has 3 heteroatoms. The van der Waals surface area contributed by atoms with Crippen LogP contribution in [0.5, 0.6) is 0 Å². The van der Waals surface area contributed by atoms with E-state index in [0.717, 1.165) is 6.54 Å². The maximum absolute atomic E-state index is 11.2. The van der Waals surface area contributed by atoms with Crippen molar-refractivity contribution >= 4 is 5.91 Å². The maximum atomic E-state index is 11.2. The van der Waals surface area contributed by atoms with E-state index in [-0.39, 0.29) is 12.1 Å². The van der Waals surface area contributed by atoms with Crippen molar-refractivity contribution in [2.24, 2.45) is 5.92 Å². The molecule has 0 aliphatic carbocycles. The molecule has 1 fully saturated rings. The SMILES string of the molecule is CCN1C(=O)CNC1C(C)C. The van der Waals surface area contributed by atoms with Gasteiger partial charge < -0.3 is 4.90 Å². The molecule has 1 N–H and O–H groups in total. The number of carbonyl (C=O) groups is 1. The van der Waals surface area contributed by atoms with Crippen molar-refractivity contribution in [2.45, 2.75) is 26.9 Å². The molecule has 1 aliphatic rings. The molecular weight excluding hydrogens is 140 g/mol. The van der Waals surface area contributed by atoms with Crippen LogP contribution in [0.2, 0.25) is 0 Å². The van der Waals surface area contributed by atoms with Gasteiger partial charge in [0.05, 0.1) is 12.7 Å². The highest BCUT2D eigenvalue weighted by Gasteiger charge is 2.30. The van der Waals surface area contributed by atoms with Crippen LogP contribution in [-0.4, -0.2) is 30.1 Å². The van der Waals surface area contributed by atoms with Crippen LogP contribution < -0.4 is 5.32 Å². The molecule has 0 aromatic rings. The second-order valence-corrected chi connectivity index (χ2v) is 3.25. The molecule has 1 unspecified atom stereocenters. The molecule has 0 radical (unpaired) electrons. The van der Waals surface area contributed by atoms with Gasteiger partial charge in [-0.2, -0.15) is 0 Å². The molecule has 0 saturated carbocycles. The fourth-order valence-electron chi connectivity index (χ4n) is 1.53. The van der Waals surface area contributed by atoms with Crippen LogP contribution in [-0.2, 0) is 4.79 Å². The number of nitrogens with one attached hydrogen (secondary N) is 1. The molecule has 3 nitrogen and oxygen atoms in total. The van der Waals surface area contributed by atoms with Gasteiger partial charge in [0.25, 0.3) is 0 Å². The van der Waals surface area contributed by atoms with Crippen LogP contribution in [0.3, 0.4) is 0 Å². The number of rotatable bonds is 2. The lowest BCUT2D eigenvalue weighted by Crippen LogP contribution is -2.41. The lowest BCUT2D eigenvalue weighted by Gasteiger charge is -2.25. The predicted octanol–water partition coefficient (Wildman–Crippen LogP) is 0.420. The summed E-state index contributed by atoms with van der Waals surface area (Å²) >= 11 is 0. The minimum atomic E-state index is 0.228. The summed E-state index contributed by atoms with van der Waals surface area (Å²) in [7, 11) is 0. The first-order chi connectivity index (χ1) is 5.16. The Labute approximate surface area is 67.8 Å². The average Bonchev–Trinajstić information content (AvgIpc) is 2.30. The zero-order valence-electron chi connectivity index (χ0n) is 7.42. The number of likely N-dealkylation sites (N-methyl/N-ethyl adjacent to an activating group) is 1. The molecule has 1 saturated heterocycles. The molecule has 0 aromatic heterocycles. The van der Waals surface area contributed by atoms with Gasteiger partial charge in [0.1, 0.15) is 0 Å². The van der Waals surface area contributed by atoms with Crippen molar-refractivity contribution in [3.05, 3.63) is 0 Å². The van der Waals surface area contributed by atoms with Crippen molar-refractivity contribution in [2.75, 3.05) is 13.1 Å². The summed E-state index contributed by atoms with van der Waals surface area (Å²) in [6.07, 6.45) is 0.257. The molecule has 11 heavy (non-hydrogen) atoms. The number of hydrogen-bond donors (Lipinski definition) is 1. The third-order valence-electron chi connectivity index (χ3n) is 2.09. The van der Waals surface area contributed by atoms with Crippen molar-refractivity contribution in [1.82, 2.24) is 10.2 Å². The van der Waals surface area contributed by atoms with Crippen molar-refractivity contribution in [1.29, 1.82) is 0 Å². The van der Waals surface area contributed by atoms with Crippen molar-refractivity contribution in [3.8, 4) is 0 Å². The van der Waals surface area contributed by atoms with Crippen molar-refractivity contribution in [3.63, 3.8) is 0 Å². The standard InChI is InChI=1S/C8H16N2O/c1-4-10-7(11)5-9-8(10)6(2)3/h6,8-9H,4-5H2,1-3H3. The van der Waals surface area contributed by atoms with E-state index in [1.807, 2.05) is 11.8 Å². The molecule has 1 atom stereocenters. The predicted molar refractivity (Wildman–Crippen MR) is 44.0 cm³/mol. The van der Waals surface area contributed by atoms with Crippen LogP contribution in [0.4, 0.5) is 0 Å². The highest BCUT2D eigenvalue weighted by Crippen LogP contribution is 2.12. The third-order valence-corrected chi connectivity index (χ3v) is 2.09. The molecule has 0 bridgehead atoms. The maximum Gasteiger partial charge on any atom is 0.237 e. The summed E-state index contributed by atoms with van der Waals surface area (Å²) in [5.74, 6) is 0.729. The Bertz CT molecular complexity index is 156. The molecule has 0 spiro atoms. The summed E-state index contributed by atoms with van der Waals surface area (Å²) in [5.41, 5.74) is 0. The van der Waals surface area contributed by atoms with E-state index in [4.69, 9.17) is 0 Å². The fourth-order valence-corrected chi connectivity index (χ4v) is 1.53. The van der Waals surface area contributed by atoms with Gasteiger partial charge in [0, 0.05) is 6.54 Å². The second-order valence-electron chi connectivity index (χ2n) is 3.25. The van der Waals surface area contributed by atoms with Crippen LogP contribution in [0, 0.1) is 5.92 Å². The highest BCUT2D eigenvalue weighted by atomic mass is 16.2. The van der Waals surface area contributed by atoms with Gasteiger partial charge >= 0.3 is 0 Å². The Balaban J connectivity index is 2.61.